The van der Waals surface area contributed by atoms with Crippen molar-refractivity contribution in [3.63, 3.8) is 0 Å². The van der Waals surface area contributed by atoms with Gasteiger partial charge in [-0.15, -0.1) is 0 Å². The van der Waals surface area contributed by atoms with Crippen LogP contribution in [0.2, 0.25) is 0 Å². The summed E-state index contributed by atoms with van der Waals surface area (Å²) in [5.41, 5.74) is 5.82. The number of nitrogens with zero attached hydrogens (tertiary/aromatic N) is 4. The molecule has 1 amide bonds. The Bertz CT molecular complexity index is 1540. The largest absolute Gasteiger partial charge is 0.496 e. The fraction of sp³-hybridized carbons (Fsp3) is 0.300. The number of ether oxygens (including phenoxy) is 1. The standard InChI is InChI=1S/C30H30N4O3/c1-37-27-18-28(35)34-16-15-32(19-21-8-9-23-7-4-12-31-25(23)17-21)13-11-26(34)29(27)30(36)33-14-10-22-5-2-3-6-24(22)20-33/h2-9,12,17-18H,10-11,13-16,19-20H2,1H3. The van der Waals surface area contributed by atoms with Gasteiger partial charge in [-0.1, -0.05) is 42.5 Å². The van der Waals surface area contributed by atoms with Crippen molar-refractivity contribution < 1.29 is 9.53 Å². The van der Waals surface area contributed by atoms with E-state index in [4.69, 9.17) is 4.74 Å². The van der Waals surface area contributed by atoms with Gasteiger partial charge < -0.3 is 14.2 Å². The first-order valence-electron chi connectivity index (χ1n) is 12.8. The number of hydrogen-bond acceptors (Lipinski definition) is 5. The molecule has 0 N–H and O–H groups in total. The van der Waals surface area contributed by atoms with Crippen LogP contribution in [0, 0.1) is 0 Å². The first-order valence-corrected chi connectivity index (χ1v) is 12.8. The van der Waals surface area contributed by atoms with E-state index in [0.29, 0.717) is 37.4 Å². The van der Waals surface area contributed by atoms with Gasteiger partial charge in [0.15, 0.2) is 0 Å². The fourth-order valence-corrected chi connectivity index (χ4v) is 5.64. The smallest absolute Gasteiger partial charge is 0.259 e. The first kappa shape index (κ1) is 23.4. The molecule has 6 rings (SSSR count). The molecule has 0 bridgehead atoms. The third-order valence-electron chi connectivity index (χ3n) is 7.61. The molecule has 7 heteroatoms. The molecule has 4 heterocycles. The molecule has 2 aromatic heterocycles. The van der Waals surface area contributed by atoms with E-state index >= 15 is 0 Å². The van der Waals surface area contributed by atoms with Gasteiger partial charge in [-0.2, -0.15) is 0 Å². The summed E-state index contributed by atoms with van der Waals surface area (Å²) in [6.45, 7) is 3.99. The van der Waals surface area contributed by atoms with Crippen LogP contribution in [0.1, 0.15) is 32.7 Å². The maximum absolute atomic E-state index is 13.9. The Labute approximate surface area is 215 Å². The van der Waals surface area contributed by atoms with Gasteiger partial charge in [-0.3, -0.25) is 19.5 Å². The number of aromatic nitrogens is 2. The average molecular weight is 495 g/mol. The molecular weight excluding hydrogens is 464 g/mol. The highest BCUT2D eigenvalue weighted by molar-refractivity contribution is 5.98. The summed E-state index contributed by atoms with van der Waals surface area (Å²) in [6.07, 6.45) is 3.24. The van der Waals surface area contributed by atoms with Crippen molar-refractivity contribution in [1.82, 2.24) is 19.4 Å². The quantitative estimate of drug-likeness (QED) is 0.433. The van der Waals surface area contributed by atoms with E-state index in [-0.39, 0.29) is 11.5 Å². The Kier molecular flexibility index (Phi) is 6.22. The molecule has 0 radical (unpaired) electrons. The molecule has 4 aromatic rings. The molecule has 37 heavy (non-hydrogen) atoms. The summed E-state index contributed by atoms with van der Waals surface area (Å²) < 4.78 is 7.37. The van der Waals surface area contributed by atoms with E-state index in [1.54, 1.807) is 4.57 Å². The zero-order valence-electron chi connectivity index (χ0n) is 21.0. The van der Waals surface area contributed by atoms with Gasteiger partial charge in [-0.25, -0.2) is 0 Å². The normalized spacial score (nSPS) is 15.6. The van der Waals surface area contributed by atoms with Crippen LogP contribution in [0.5, 0.6) is 5.75 Å². The van der Waals surface area contributed by atoms with E-state index in [1.165, 1.54) is 29.9 Å². The predicted molar refractivity (Wildman–Crippen MR) is 143 cm³/mol. The van der Waals surface area contributed by atoms with Crippen LogP contribution >= 0.6 is 0 Å². The molecule has 0 atom stereocenters. The minimum atomic E-state index is -0.121. The number of carbonyl (C=O) groups is 1. The minimum absolute atomic E-state index is 0.0656. The minimum Gasteiger partial charge on any atom is -0.496 e. The predicted octanol–water partition coefficient (Wildman–Crippen LogP) is 3.66. The van der Waals surface area contributed by atoms with E-state index in [2.05, 4.69) is 46.3 Å². The molecular formula is C30H30N4O3. The van der Waals surface area contributed by atoms with Crippen LogP contribution in [0.4, 0.5) is 0 Å². The van der Waals surface area contributed by atoms with Crippen LogP contribution in [0.15, 0.2) is 71.7 Å². The van der Waals surface area contributed by atoms with Gasteiger partial charge in [0.2, 0.25) is 0 Å². The number of fused-ring (bicyclic) bond motifs is 3. The molecule has 188 valence electrons. The number of hydrogen-bond donors (Lipinski definition) is 0. The molecule has 7 nitrogen and oxygen atoms in total. The van der Waals surface area contributed by atoms with Crippen molar-refractivity contribution in [3.05, 3.63) is 105 Å². The molecule has 0 spiro atoms. The van der Waals surface area contributed by atoms with Crippen molar-refractivity contribution in [2.24, 2.45) is 0 Å². The maximum Gasteiger partial charge on any atom is 0.259 e. The highest BCUT2D eigenvalue weighted by Gasteiger charge is 2.30. The number of pyridine rings is 2. The lowest BCUT2D eigenvalue weighted by Crippen LogP contribution is -2.38. The van der Waals surface area contributed by atoms with Crippen LogP contribution in [0.25, 0.3) is 10.9 Å². The van der Waals surface area contributed by atoms with Gasteiger partial charge in [0.05, 0.1) is 12.6 Å². The third-order valence-corrected chi connectivity index (χ3v) is 7.61. The van der Waals surface area contributed by atoms with Crippen LogP contribution in [0.3, 0.4) is 0 Å². The van der Waals surface area contributed by atoms with Gasteiger partial charge in [0.1, 0.15) is 11.3 Å². The van der Waals surface area contributed by atoms with E-state index in [9.17, 15) is 9.59 Å². The zero-order chi connectivity index (χ0) is 25.4. The highest BCUT2D eigenvalue weighted by Crippen LogP contribution is 2.28. The Morgan fingerprint density at radius 1 is 0.946 bits per heavy atom. The molecule has 0 fully saturated rings. The zero-order valence-corrected chi connectivity index (χ0v) is 21.0. The second kappa shape index (κ2) is 9.82. The molecule has 0 unspecified atom stereocenters. The monoisotopic (exact) mass is 494 g/mol. The van der Waals surface area contributed by atoms with E-state index in [1.807, 2.05) is 29.3 Å². The number of rotatable bonds is 4. The first-order chi connectivity index (χ1) is 18.1. The summed E-state index contributed by atoms with van der Waals surface area (Å²) in [7, 11) is 1.53. The van der Waals surface area contributed by atoms with E-state index in [0.717, 1.165) is 42.7 Å². The summed E-state index contributed by atoms with van der Waals surface area (Å²) in [5, 5.41) is 1.12. The summed E-state index contributed by atoms with van der Waals surface area (Å²) in [6, 6.07) is 20.1. The highest BCUT2D eigenvalue weighted by atomic mass is 16.5. The second-order valence-corrected chi connectivity index (χ2v) is 9.83. The molecule has 0 saturated carbocycles. The second-order valence-electron chi connectivity index (χ2n) is 9.83. The Morgan fingerprint density at radius 3 is 2.68 bits per heavy atom. The summed E-state index contributed by atoms with van der Waals surface area (Å²) in [5.74, 6) is 0.304. The van der Waals surface area contributed by atoms with Gasteiger partial charge in [0.25, 0.3) is 11.5 Å². The van der Waals surface area contributed by atoms with Crippen LogP contribution < -0.4 is 10.3 Å². The Balaban J connectivity index is 1.27. The van der Waals surface area contributed by atoms with Crippen molar-refractivity contribution in [3.8, 4) is 5.75 Å². The molecule has 2 aromatic carbocycles. The topological polar surface area (TPSA) is 67.7 Å². The Hall–Kier alpha value is -3.97. The molecule has 0 aliphatic carbocycles. The number of amides is 1. The van der Waals surface area contributed by atoms with Gasteiger partial charge >= 0.3 is 0 Å². The van der Waals surface area contributed by atoms with Crippen molar-refractivity contribution in [2.75, 3.05) is 26.7 Å². The Morgan fingerprint density at radius 2 is 1.81 bits per heavy atom. The number of carbonyl (C=O) groups excluding carboxylic acids is 1. The van der Waals surface area contributed by atoms with Gasteiger partial charge in [0, 0.05) is 69.0 Å². The molecule has 2 aliphatic rings. The van der Waals surface area contributed by atoms with Crippen molar-refractivity contribution in [1.29, 1.82) is 0 Å². The summed E-state index contributed by atoms with van der Waals surface area (Å²) >= 11 is 0. The van der Waals surface area contributed by atoms with Gasteiger partial charge in [-0.05, 0) is 35.2 Å². The summed E-state index contributed by atoms with van der Waals surface area (Å²) in [4.78, 5) is 35.7. The molecule has 0 saturated heterocycles. The lowest BCUT2D eigenvalue weighted by atomic mass is 9.98. The molecule has 2 aliphatic heterocycles. The number of benzene rings is 2. The maximum atomic E-state index is 13.9. The third kappa shape index (κ3) is 4.51. The lowest BCUT2D eigenvalue weighted by Gasteiger charge is -2.30. The SMILES string of the molecule is COc1cc(=O)n2c(c1C(=O)N1CCc3ccccc3C1)CCN(Cc1ccc3cccnc3c1)CC2. The van der Waals surface area contributed by atoms with Crippen LogP contribution in [-0.4, -0.2) is 52.0 Å². The lowest BCUT2D eigenvalue weighted by molar-refractivity contribution is 0.0728. The van der Waals surface area contributed by atoms with Crippen molar-refractivity contribution in [2.45, 2.75) is 32.5 Å². The van der Waals surface area contributed by atoms with Crippen molar-refractivity contribution >= 4 is 16.8 Å². The van der Waals surface area contributed by atoms with E-state index < -0.39 is 0 Å². The average Bonchev–Trinajstić information content (AvgIpc) is 3.15. The fourth-order valence-electron chi connectivity index (χ4n) is 5.64. The number of methoxy groups -OCH3 is 1. The van der Waals surface area contributed by atoms with Crippen LogP contribution in [-0.2, 0) is 32.5 Å².